The molecule has 3 aliphatic rings. The van der Waals surface area contributed by atoms with Crippen LogP contribution in [0.1, 0.15) is 37.7 Å². The number of allylic oxidation sites excluding steroid dienone is 1. The smallest absolute Gasteiger partial charge is 0.330 e. The molecule has 3 aromatic rings. The van der Waals surface area contributed by atoms with Crippen LogP contribution in [0.25, 0.3) is 22.3 Å². The molecule has 1 saturated carbocycles. The number of carbonyl (C=O) groups excluding carboxylic acids is 2. The van der Waals surface area contributed by atoms with Crippen molar-refractivity contribution in [3.63, 3.8) is 0 Å². The zero-order valence-electron chi connectivity index (χ0n) is 25.5. The maximum absolute atomic E-state index is 14.2. The first-order valence-corrected chi connectivity index (χ1v) is 15.1. The summed E-state index contributed by atoms with van der Waals surface area (Å²) in [5.74, 6) is -1.30. The molecule has 1 aliphatic carbocycles. The van der Waals surface area contributed by atoms with Crippen LogP contribution in [0, 0.1) is 18.7 Å². The van der Waals surface area contributed by atoms with Gasteiger partial charge in [-0.2, -0.15) is 4.98 Å². The quantitative estimate of drug-likeness (QED) is 0.405. The highest BCUT2D eigenvalue weighted by Crippen LogP contribution is 2.45. The van der Waals surface area contributed by atoms with E-state index in [0.717, 1.165) is 24.8 Å². The number of hydrogen-bond donors (Lipinski definition) is 2. The largest absolute Gasteiger partial charge is 0.496 e. The lowest BCUT2D eigenvalue weighted by Crippen LogP contribution is -2.54. The first kappa shape index (κ1) is 30.3. The molecular weight excluding hydrogens is 581 g/mol. The van der Waals surface area contributed by atoms with Crippen molar-refractivity contribution in [1.82, 2.24) is 25.1 Å². The average Bonchev–Trinajstić information content (AvgIpc) is 3.56. The number of amides is 3. The van der Waals surface area contributed by atoms with Crippen LogP contribution < -0.4 is 14.8 Å². The van der Waals surface area contributed by atoms with E-state index in [0.29, 0.717) is 35.2 Å². The number of benzene rings is 2. The molecule has 11 nitrogen and oxygen atoms in total. The third-order valence-corrected chi connectivity index (χ3v) is 8.98. The van der Waals surface area contributed by atoms with Gasteiger partial charge in [0.25, 0.3) is 0 Å². The second kappa shape index (κ2) is 12.0. The number of aryl methyl sites for hydroxylation is 1. The number of ether oxygens (including phenoxy) is 2. The Bertz CT molecular complexity index is 1700. The summed E-state index contributed by atoms with van der Waals surface area (Å²) in [7, 11) is 3.26. The highest BCUT2D eigenvalue weighted by Gasteiger charge is 2.61. The van der Waals surface area contributed by atoms with Crippen molar-refractivity contribution >= 4 is 28.8 Å². The molecule has 2 aliphatic heterocycles. The summed E-state index contributed by atoms with van der Waals surface area (Å²) in [4.78, 5) is 52.1. The van der Waals surface area contributed by atoms with Crippen LogP contribution in [0.2, 0.25) is 0 Å². The highest BCUT2D eigenvalue weighted by atomic mass is 19.1. The molecule has 6 rings (SSSR count). The fourth-order valence-electron chi connectivity index (χ4n) is 6.31. The van der Waals surface area contributed by atoms with Crippen LogP contribution in [-0.2, 0) is 9.59 Å². The molecule has 236 valence electrons. The third kappa shape index (κ3) is 5.76. The van der Waals surface area contributed by atoms with Gasteiger partial charge in [0.15, 0.2) is 5.82 Å². The van der Waals surface area contributed by atoms with Crippen molar-refractivity contribution in [2.24, 2.45) is 5.92 Å². The lowest BCUT2D eigenvalue weighted by atomic mass is 10.1. The molecule has 0 unspecified atom stereocenters. The topological polar surface area (TPSA) is 134 Å². The van der Waals surface area contributed by atoms with E-state index in [9.17, 15) is 23.9 Å². The van der Waals surface area contributed by atoms with Gasteiger partial charge < -0.3 is 29.7 Å². The summed E-state index contributed by atoms with van der Waals surface area (Å²) >= 11 is 0. The lowest BCUT2D eigenvalue weighted by Gasteiger charge is -2.29. The summed E-state index contributed by atoms with van der Waals surface area (Å²) in [5.41, 5.74) is 0.360. The Labute approximate surface area is 260 Å². The van der Waals surface area contributed by atoms with Gasteiger partial charge in [-0.3, -0.25) is 4.79 Å². The van der Waals surface area contributed by atoms with Crippen molar-refractivity contribution in [2.75, 3.05) is 27.2 Å². The first-order chi connectivity index (χ1) is 21.6. The van der Waals surface area contributed by atoms with Crippen LogP contribution in [0.3, 0.4) is 0 Å². The second-order valence-electron chi connectivity index (χ2n) is 12.0. The minimum absolute atomic E-state index is 0.0839. The van der Waals surface area contributed by atoms with Gasteiger partial charge in [-0.1, -0.05) is 24.3 Å². The van der Waals surface area contributed by atoms with Crippen molar-refractivity contribution < 1.29 is 33.4 Å². The Kier molecular flexibility index (Phi) is 8.07. The van der Waals surface area contributed by atoms with Crippen molar-refractivity contribution in [3.05, 3.63) is 59.9 Å². The molecule has 2 aromatic carbocycles. The number of carbonyl (C=O) groups is 3. The number of hydrogen-bond acceptors (Lipinski definition) is 7. The summed E-state index contributed by atoms with van der Waals surface area (Å²) in [5, 5.41) is 13.4. The first-order valence-electron chi connectivity index (χ1n) is 15.1. The minimum atomic E-state index is -1.39. The molecule has 45 heavy (non-hydrogen) atoms. The Hall–Kier alpha value is -4.74. The molecule has 0 bridgehead atoms. The fourth-order valence-corrected chi connectivity index (χ4v) is 6.31. The van der Waals surface area contributed by atoms with Gasteiger partial charge in [0.05, 0.1) is 24.6 Å². The van der Waals surface area contributed by atoms with Crippen LogP contribution >= 0.6 is 0 Å². The van der Waals surface area contributed by atoms with Crippen LogP contribution in [0.4, 0.5) is 9.18 Å². The predicted octanol–water partition coefficient (Wildman–Crippen LogP) is 4.33. The monoisotopic (exact) mass is 617 g/mol. The Morgan fingerprint density at radius 3 is 2.76 bits per heavy atom. The van der Waals surface area contributed by atoms with Crippen molar-refractivity contribution in [3.8, 4) is 23.0 Å². The van der Waals surface area contributed by atoms with Crippen LogP contribution in [0.5, 0.6) is 11.6 Å². The van der Waals surface area contributed by atoms with E-state index in [1.807, 2.05) is 19.1 Å². The summed E-state index contributed by atoms with van der Waals surface area (Å²) in [6.07, 6.45) is 5.99. The van der Waals surface area contributed by atoms with Gasteiger partial charge in [-0.05, 0) is 56.9 Å². The maximum Gasteiger partial charge on any atom is 0.330 e. The third-order valence-electron chi connectivity index (χ3n) is 8.98. The number of methoxy groups -OCH3 is 1. The lowest BCUT2D eigenvalue weighted by molar-refractivity contribution is -0.144. The van der Waals surface area contributed by atoms with Crippen molar-refractivity contribution in [1.29, 1.82) is 0 Å². The Balaban J connectivity index is 1.35. The maximum atomic E-state index is 14.2. The summed E-state index contributed by atoms with van der Waals surface area (Å²) in [6, 6.07) is 8.22. The number of urea groups is 1. The minimum Gasteiger partial charge on any atom is -0.496 e. The van der Waals surface area contributed by atoms with Gasteiger partial charge in [0, 0.05) is 37.1 Å². The number of aliphatic carboxylic acids is 1. The number of nitrogens with one attached hydrogen (secondary N) is 1. The molecule has 4 atom stereocenters. The SMILES string of the molecule is COc1ccc2c(O[C@@H]3C[C@H]4C(=O)N[C@]5(C(=O)O)C[C@@H]5/C=C\CCCCN(C)C(=O)N4C3)nc(-c3cccc(F)c3)nc2c1C. The molecule has 12 heteroatoms. The normalized spacial score (nSPS) is 26.0. The van der Waals surface area contributed by atoms with E-state index in [-0.39, 0.29) is 36.6 Å². The Morgan fingerprint density at radius 2 is 2.00 bits per heavy atom. The number of halogens is 1. The number of carboxylic acid groups (broad SMARTS) is 1. The van der Waals surface area contributed by atoms with Gasteiger partial charge in [-0.15, -0.1) is 0 Å². The van der Waals surface area contributed by atoms with Gasteiger partial charge in [0.1, 0.15) is 29.3 Å². The molecular formula is C33H36FN5O6. The number of rotatable bonds is 5. The Morgan fingerprint density at radius 1 is 1.18 bits per heavy atom. The fraction of sp³-hybridized carbons (Fsp3) is 0.424. The number of aromatic nitrogens is 2. The molecule has 0 radical (unpaired) electrons. The molecule has 2 N–H and O–H groups in total. The summed E-state index contributed by atoms with van der Waals surface area (Å²) < 4.78 is 26.1. The van der Waals surface area contributed by atoms with Gasteiger partial charge in [0.2, 0.25) is 11.8 Å². The zero-order chi connectivity index (χ0) is 31.9. The van der Waals surface area contributed by atoms with Gasteiger partial charge in [-0.25, -0.2) is 19.0 Å². The number of fused-ring (bicyclic) bond motifs is 3. The van der Waals surface area contributed by atoms with E-state index in [1.165, 1.54) is 17.0 Å². The molecule has 1 aromatic heterocycles. The van der Waals surface area contributed by atoms with E-state index >= 15 is 0 Å². The molecule has 1 saturated heterocycles. The molecule has 3 amide bonds. The predicted molar refractivity (Wildman–Crippen MR) is 163 cm³/mol. The second-order valence-corrected chi connectivity index (χ2v) is 12.0. The van der Waals surface area contributed by atoms with E-state index in [1.54, 1.807) is 43.3 Å². The number of nitrogens with zero attached hydrogens (tertiary/aromatic N) is 4. The van der Waals surface area contributed by atoms with Crippen LogP contribution in [-0.4, -0.2) is 87.7 Å². The van der Waals surface area contributed by atoms with Crippen molar-refractivity contribution in [2.45, 2.75) is 56.7 Å². The number of carboxylic acids is 1. The highest BCUT2D eigenvalue weighted by molar-refractivity contribution is 5.95. The van der Waals surface area contributed by atoms with Crippen LogP contribution in [0.15, 0.2) is 48.6 Å². The van der Waals surface area contributed by atoms with E-state index in [2.05, 4.69) is 10.3 Å². The molecule has 3 heterocycles. The molecule has 2 fully saturated rings. The summed E-state index contributed by atoms with van der Waals surface area (Å²) in [6.45, 7) is 2.45. The van der Waals surface area contributed by atoms with E-state index < -0.39 is 35.4 Å². The zero-order valence-corrected chi connectivity index (χ0v) is 25.5. The van der Waals surface area contributed by atoms with E-state index in [4.69, 9.17) is 14.5 Å². The standard InChI is InChI=1S/C33H36FN5O6/c1-19-26(44-3)13-12-24-27(19)35-28(20-9-8-11-22(34)15-20)36-30(24)45-23-16-25-29(40)37-33(31(41)42)17-21(33)10-6-4-5-7-14-38(2)32(43)39(25)18-23/h6,8-13,15,21,23,25H,4-5,7,14,16-18H2,1-3H3,(H,37,40)(H,41,42)/b10-6-/t21-,23+,25-,33+/m0/s1. The molecule has 0 spiro atoms. The average molecular weight is 618 g/mol. The van der Waals surface area contributed by atoms with Gasteiger partial charge >= 0.3 is 12.0 Å².